The minimum absolute atomic E-state index is 0.178. The lowest BCUT2D eigenvalue weighted by molar-refractivity contribution is 0.102. The maximum absolute atomic E-state index is 13.4. The smallest absolute Gasteiger partial charge is 0.256 e. The number of ether oxygens (including phenoxy) is 2. The molecule has 2 aromatic carbocycles. The highest BCUT2D eigenvalue weighted by molar-refractivity contribution is 9.10. The molecule has 6 heteroatoms. The Hall–Kier alpha value is -2.08. The highest BCUT2D eigenvalue weighted by atomic mass is 79.9. The molecule has 0 bridgehead atoms. The van der Waals surface area contributed by atoms with Gasteiger partial charge in [0.05, 0.1) is 18.8 Å². The van der Waals surface area contributed by atoms with Crippen LogP contribution in [0.2, 0.25) is 0 Å². The van der Waals surface area contributed by atoms with Gasteiger partial charge in [-0.15, -0.1) is 0 Å². The van der Waals surface area contributed by atoms with Gasteiger partial charge in [-0.05, 0) is 71.9 Å². The molecule has 3 rings (SSSR count). The summed E-state index contributed by atoms with van der Waals surface area (Å²) < 4.78 is 25.3. The molecule has 1 aliphatic carbocycles. The number of benzene rings is 2. The van der Waals surface area contributed by atoms with E-state index in [1.807, 2.05) is 0 Å². The van der Waals surface area contributed by atoms with E-state index in [-0.39, 0.29) is 11.7 Å². The van der Waals surface area contributed by atoms with Crippen LogP contribution in [0.4, 0.5) is 10.1 Å². The summed E-state index contributed by atoms with van der Waals surface area (Å²) in [5.41, 5.74) is 0.795. The molecule has 0 heterocycles. The summed E-state index contributed by atoms with van der Waals surface area (Å²) in [5.74, 6) is 0.360. The Bertz CT molecular complexity index is 775. The molecule has 2 aromatic rings. The molecule has 0 saturated heterocycles. The highest BCUT2D eigenvalue weighted by Crippen LogP contribution is 2.34. The van der Waals surface area contributed by atoms with Crippen LogP contribution in [0, 0.1) is 5.82 Å². The molecule has 0 aliphatic heterocycles. The topological polar surface area (TPSA) is 47.6 Å². The van der Waals surface area contributed by atoms with Gasteiger partial charge in [-0.1, -0.05) is 0 Å². The number of methoxy groups -OCH3 is 1. The van der Waals surface area contributed by atoms with Crippen LogP contribution in [0.3, 0.4) is 0 Å². The van der Waals surface area contributed by atoms with Crippen LogP contribution in [-0.2, 0) is 0 Å². The summed E-state index contributed by atoms with van der Waals surface area (Å²) in [6.45, 7) is 0. The predicted molar refractivity (Wildman–Crippen MR) is 97.9 cm³/mol. The van der Waals surface area contributed by atoms with Crippen molar-refractivity contribution in [3.8, 4) is 11.5 Å². The standard InChI is InChI=1S/C19H19BrFNO3/c1-24-17-9-7-13(11-18(17)25-14-4-2-3-5-14)22-19(23)15-10-12(21)6-8-16(15)20/h6-11,14H,2-5H2,1H3,(H,22,23). The molecule has 0 atom stereocenters. The van der Waals surface area contributed by atoms with Gasteiger partial charge < -0.3 is 14.8 Å². The third kappa shape index (κ3) is 4.31. The zero-order valence-corrected chi connectivity index (χ0v) is 15.4. The number of hydrogen-bond acceptors (Lipinski definition) is 3. The third-order valence-corrected chi connectivity index (χ3v) is 4.88. The Morgan fingerprint density at radius 2 is 1.92 bits per heavy atom. The van der Waals surface area contributed by atoms with E-state index in [4.69, 9.17) is 9.47 Å². The van der Waals surface area contributed by atoms with Gasteiger partial charge in [-0.3, -0.25) is 4.79 Å². The van der Waals surface area contributed by atoms with Crippen LogP contribution in [0.25, 0.3) is 0 Å². The molecular formula is C19H19BrFNO3. The SMILES string of the molecule is COc1ccc(NC(=O)c2cc(F)ccc2Br)cc1OC1CCCC1. The molecule has 132 valence electrons. The first kappa shape index (κ1) is 17.7. The van der Waals surface area contributed by atoms with Gasteiger partial charge in [0.1, 0.15) is 5.82 Å². The lowest BCUT2D eigenvalue weighted by Crippen LogP contribution is -2.14. The van der Waals surface area contributed by atoms with Crippen molar-refractivity contribution in [1.29, 1.82) is 0 Å². The average Bonchev–Trinajstić information content (AvgIpc) is 3.10. The van der Waals surface area contributed by atoms with Gasteiger partial charge in [-0.2, -0.15) is 0 Å². The van der Waals surface area contributed by atoms with E-state index < -0.39 is 11.7 Å². The van der Waals surface area contributed by atoms with Gasteiger partial charge in [0.2, 0.25) is 0 Å². The molecule has 1 fully saturated rings. The zero-order chi connectivity index (χ0) is 17.8. The van der Waals surface area contributed by atoms with Gasteiger partial charge in [0.25, 0.3) is 5.91 Å². The van der Waals surface area contributed by atoms with Crippen molar-refractivity contribution < 1.29 is 18.7 Å². The highest BCUT2D eigenvalue weighted by Gasteiger charge is 2.19. The molecule has 0 spiro atoms. The van der Waals surface area contributed by atoms with Crippen molar-refractivity contribution >= 4 is 27.5 Å². The molecule has 1 amide bonds. The number of rotatable bonds is 5. The van der Waals surface area contributed by atoms with Crippen molar-refractivity contribution in [3.63, 3.8) is 0 Å². The minimum atomic E-state index is -0.465. The van der Waals surface area contributed by atoms with Gasteiger partial charge in [-0.25, -0.2) is 4.39 Å². The molecule has 25 heavy (non-hydrogen) atoms. The Labute approximate surface area is 154 Å². The molecule has 0 aromatic heterocycles. The molecule has 1 saturated carbocycles. The van der Waals surface area contributed by atoms with E-state index in [1.54, 1.807) is 25.3 Å². The third-order valence-electron chi connectivity index (χ3n) is 4.19. The van der Waals surface area contributed by atoms with Crippen molar-refractivity contribution in [2.75, 3.05) is 12.4 Å². The lowest BCUT2D eigenvalue weighted by atomic mass is 10.2. The average molecular weight is 408 g/mol. The van der Waals surface area contributed by atoms with E-state index in [9.17, 15) is 9.18 Å². The number of hydrogen-bond donors (Lipinski definition) is 1. The Morgan fingerprint density at radius 3 is 2.64 bits per heavy atom. The first-order valence-corrected chi connectivity index (χ1v) is 8.97. The van der Waals surface area contributed by atoms with Gasteiger partial charge in [0.15, 0.2) is 11.5 Å². The number of carbonyl (C=O) groups excluding carboxylic acids is 1. The largest absolute Gasteiger partial charge is 0.493 e. The van der Waals surface area contributed by atoms with Crippen molar-refractivity contribution in [1.82, 2.24) is 0 Å². The van der Waals surface area contributed by atoms with Crippen LogP contribution in [0.5, 0.6) is 11.5 Å². The maximum Gasteiger partial charge on any atom is 0.256 e. The zero-order valence-electron chi connectivity index (χ0n) is 13.9. The molecule has 4 nitrogen and oxygen atoms in total. The maximum atomic E-state index is 13.4. The van der Waals surface area contributed by atoms with Crippen molar-refractivity contribution in [2.45, 2.75) is 31.8 Å². The second-order valence-corrected chi connectivity index (χ2v) is 6.82. The summed E-state index contributed by atoms with van der Waals surface area (Å²) in [6.07, 6.45) is 4.55. The summed E-state index contributed by atoms with van der Waals surface area (Å²) in [4.78, 5) is 12.4. The van der Waals surface area contributed by atoms with Crippen molar-refractivity contribution in [3.05, 3.63) is 52.3 Å². The number of anilines is 1. The van der Waals surface area contributed by atoms with E-state index in [2.05, 4.69) is 21.2 Å². The Kier molecular flexibility index (Phi) is 5.58. The monoisotopic (exact) mass is 407 g/mol. The van der Waals surface area contributed by atoms with Crippen LogP contribution in [-0.4, -0.2) is 19.1 Å². The normalized spacial score (nSPS) is 14.4. The predicted octanol–water partition coefficient (Wildman–Crippen LogP) is 5.17. The number of amides is 1. The van der Waals surface area contributed by atoms with Crippen LogP contribution >= 0.6 is 15.9 Å². The van der Waals surface area contributed by atoms with Crippen LogP contribution in [0.1, 0.15) is 36.0 Å². The summed E-state index contributed by atoms with van der Waals surface area (Å²) in [7, 11) is 1.58. The molecule has 0 unspecified atom stereocenters. The van der Waals surface area contributed by atoms with E-state index in [0.717, 1.165) is 25.7 Å². The molecular weight excluding hydrogens is 389 g/mol. The van der Waals surface area contributed by atoms with Crippen LogP contribution < -0.4 is 14.8 Å². The lowest BCUT2D eigenvalue weighted by Gasteiger charge is -2.17. The summed E-state index contributed by atoms with van der Waals surface area (Å²) in [6, 6.07) is 9.21. The quantitative estimate of drug-likeness (QED) is 0.743. The van der Waals surface area contributed by atoms with Crippen LogP contribution in [0.15, 0.2) is 40.9 Å². The number of halogens is 2. The second kappa shape index (κ2) is 7.87. The fourth-order valence-corrected chi connectivity index (χ4v) is 3.33. The number of nitrogens with one attached hydrogen (secondary N) is 1. The van der Waals surface area contributed by atoms with Gasteiger partial charge >= 0.3 is 0 Å². The Morgan fingerprint density at radius 1 is 1.16 bits per heavy atom. The number of carbonyl (C=O) groups is 1. The molecule has 1 aliphatic rings. The van der Waals surface area contributed by atoms with E-state index in [1.165, 1.54) is 18.2 Å². The van der Waals surface area contributed by atoms with E-state index in [0.29, 0.717) is 21.7 Å². The summed E-state index contributed by atoms with van der Waals surface area (Å²) in [5, 5.41) is 2.77. The van der Waals surface area contributed by atoms with Crippen molar-refractivity contribution in [2.24, 2.45) is 0 Å². The minimum Gasteiger partial charge on any atom is -0.493 e. The molecule has 0 radical (unpaired) electrons. The fraction of sp³-hybridized carbons (Fsp3) is 0.316. The fourth-order valence-electron chi connectivity index (χ4n) is 2.90. The Balaban J connectivity index is 1.79. The molecule has 1 N–H and O–H groups in total. The first-order valence-electron chi connectivity index (χ1n) is 8.18. The first-order chi connectivity index (χ1) is 12.1. The van der Waals surface area contributed by atoms with Gasteiger partial charge in [0, 0.05) is 16.2 Å². The second-order valence-electron chi connectivity index (χ2n) is 5.97. The van der Waals surface area contributed by atoms with E-state index >= 15 is 0 Å². The summed E-state index contributed by atoms with van der Waals surface area (Å²) >= 11 is 3.27.